The van der Waals surface area contributed by atoms with Crippen LogP contribution in [0.25, 0.3) is 0 Å². The minimum absolute atomic E-state index is 0.0265. The van der Waals surface area contributed by atoms with Gasteiger partial charge in [-0.25, -0.2) is 0 Å². The number of nitro benzene ring substituents is 1. The molecule has 0 radical (unpaired) electrons. The molecule has 0 unspecified atom stereocenters. The highest BCUT2D eigenvalue weighted by atomic mass is 16.6. The molecule has 2 N–H and O–H groups in total. The first-order valence-electron chi connectivity index (χ1n) is 10.7. The topological polar surface area (TPSA) is 121 Å². The van der Waals surface area contributed by atoms with Crippen LogP contribution in [0.1, 0.15) is 17.5 Å². The highest BCUT2D eigenvalue weighted by Crippen LogP contribution is 2.63. The fraction of sp³-hybridized carbons (Fsp3) is 0.391. The van der Waals surface area contributed by atoms with E-state index in [1.165, 1.54) is 24.3 Å². The first-order chi connectivity index (χ1) is 15.4. The molecule has 9 nitrogen and oxygen atoms in total. The number of azo groups is 1. The fourth-order valence-electron chi connectivity index (χ4n) is 6.13. The van der Waals surface area contributed by atoms with Crippen molar-refractivity contribution in [2.45, 2.75) is 36.5 Å². The van der Waals surface area contributed by atoms with Crippen molar-refractivity contribution in [3.05, 3.63) is 63.7 Å². The number of nitro groups is 1. The highest BCUT2D eigenvalue weighted by Gasteiger charge is 2.64. The van der Waals surface area contributed by atoms with Gasteiger partial charge in [0.1, 0.15) is 17.9 Å². The minimum Gasteiger partial charge on any atom is -0.503 e. The molecule has 1 saturated heterocycles. The van der Waals surface area contributed by atoms with Gasteiger partial charge in [0.2, 0.25) is 0 Å². The lowest BCUT2D eigenvalue weighted by Gasteiger charge is -2.56. The van der Waals surface area contributed by atoms with Gasteiger partial charge in [0.25, 0.3) is 5.69 Å². The van der Waals surface area contributed by atoms with Crippen LogP contribution in [-0.4, -0.2) is 51.9 Å². The van der Waals surface area contributed by atoms with Gasteiger partial charge in [0, 0.05) is 35.1 Å². The van der Waals surface area contributed by atoms with Crippen molar-refractivity contribution < 1.29 is 19.9 Å². The van der Waals surface area contributed by atoms with Crippen LogP contribution in [-0.2, 0) is 11.8 Å². The fourth-order valence-corrected chi connectivity index (χ4v) is 6.13. The highest BCUT2D eigenvalue weighted by molar-refractivity contribution is 5.70. The van der Waals surface area contributed by atoms with Crippen molar-refractivity contribution in [2.24, 2.45) is 16.1 Å². The Kier molecular flexibility index (Phi) is 4.00. The number of nitrogens with zero attached hydrogens (tertiary/aromatic N) is 4. The molecule has 2 aliphatic carbocycles. The second-order valence-electron chi connectivity index (χ2n) is 9.06. The van der Waals surface area contributed by atoms with Gasteiger partial charge < -0.3 is 19.8 Å². The number of likely N-dealkylation sites (tertiary alicyclic amines) is 1. The van der Waals surface area contributed by atoms with Gasteiger partial charge in [-0.3, -0.25) is 10.1 Å². The molecule has 2 aromatic carbocycles. The first kappa shape index (κ1) is 19.4. The summed E-state index contributed by atoms with van der Waals surface area (Å²) in [6, 6.07) is 7.88. The van der Waals surface area contributed by atoms with Crippen LogP contribution in [0.15, 0.2) is 52.7 Å². The molecule has 0 amide bonds. The molecule has 1 spiro atoms. The minimum atomic E-state index is -0.738. The van der Waals surface area contributed by atoms with Crippen LogP contribution in [0.4, 0.5) is 17.1 Å². The zero-order valence-electron chi connectivity index (χ0n) is 17.4. The van der Waals surface area contributed by atoms with E-state index < -0.39 is 17.1 Å². The summed E-state index contributed by atoms with van der Waals surface area (Å²) >= 11 is 0. The molecule has 9 heteroatoms. The molecule has 0 aromatic heterocycles. The lowest BCUT2D eigenvalue weighted by atomic mass is 9.53. The summed E-state index contributed by atoms with van der Waals surface area (Å²) in [5, 5.41) is 41.0. The predicted molar refractivity (Wildman–Crippen MR) is 115 cm³/mol. The SMILES string of the molecule is CN1CC[C@]23c4c5cc(N=Nc6ccc([N+](=O)[O-])cc6)c(O)c4O[C@H]2[C@@H](O)C=C[C@H]3[C@H]1C5. The Bertz CT molecular complexity index is 1190. The van der Waals surface area contributed by atoms with E-state index in [0.29, 0.717) is 11.4 Å². The average molecular weight is 434 g/mol. The number of piperidine rings is 1. The van der Waals surface area contributed by atoms with Crippen LogP contribution >= 0.6 is 0 Å². The third kappa shape index (κ3) is 2.46. The second-order valence-corrected chi connectivity index (χ2v) is 9.06. The van der Waals surface area contributed by atoms with E-state index in [9.17, 15) is 20.3 Å². The lowest BCUT2D eigenvalue weighted by Crippen LogP contribution is -2.64. The molecule has 1 fully saturated rings. The van der Waals surface area contributed by atoms with E-state index in [4.69, 9.17) is 4.74 Å². The van der Waals surface area contributed by atoms with Crippen LogP contribution in [0.3, 0.4) is 0 Å². The summed E-state index contributed by atoms with van der Waals surface area (Å²) in [7, 11) is 2.13. The average Bonchev–Trinajstić information content (AvgIpc) is 3.14. The van der Waals surface area contributed by atoms with E-state index >= 15 is 0 Å². The number of benzene rings is 2. The van der Waals surface area contributed by atoms with Gasteiger partial charge in [0.05, 0.1) is 10.6 Å². The molecule has 32 heavy (non-hydrogen) atoms. The Balaban J connectivity index is 1.44. The van der Waals surface area contributed by atoms with E-state index in [1.807, 2.05) is 12.1 Å². The molecule has 6 rings (SSSR count). The number of aliphatic hydroxyl groups excluding tert-OH is 1. The molecule has 5 atom stereocenters. The van der Waals surface area contributed by atoms with Crippen molar-refractivity contribution in [1.82, 2.24) is 4.90 Å². The number of likely N-dealkylation sites (N-methyl/N-ethyl adjacent to an activating group) is 1. The molecule has 4 aliphatic rings. The van der Waals surface area contributed by atoms with E-state index in [1.54, 1.807) is 0 Å². The lowest BCUT2D eigenvalue weighted by molar-refractivity contribution is -0.384. The number of phenols is 1. The maximum absolute atomic E-state index is 11.0. The molecule has 2 aliphatic heterocycles. The normalized spacial score (nSPS) is 32.1. The predicted octanol–water partition coefficient (Wildman–Crippen LogP) is 3.52. The maximum Gasteiger partial charge on any atom is 0.269 e. The van der Waals surface area contributed by atoms with Crippen molar-refractivity contribution in [1.29, 1.82) is 0 Å². The number of rotatable bonds is 3. The largest absolute Gasteiger partial charge is 0.503 e. The van der Waals surface area contributed by atoms with Gasteiger partial charge in [0.15, 0.2) is 11.5 Å². The van der Waals surface area contributed by atoms with Crippen LogP contribution < -0.4 is 4.74 Å². The van der Waals surface area contributed by atoms with E-state index in [2.05, 4.69) is 28.3 Å². The van der Waals surface area contributed by atoms with Crippen LogP contribution in [0.5, 0.6) is 11.5 Å². The Morgan fingerprint density at radius 2 is 2.03 bits per heavy atom. The smallest absolute Gasteiger partial charge is 0.269 e. The monoisotopic (exact) mass is 434 g/mol. The zero-order valence-corrected chi connectivity index (χ0v) is 17.4. The van der Waals surface area contributed by atoms with Crippen LogP contribution in [0.2, 0.25) is 0 Å². The zero-order chi connectivity index (χ0) is 22.2. The molecular formula is C23H22N4O5. The number of hydrogen-bond acceptors (Lipinski definition) is 8. The molecule has 164 valence electrons. The molecule has 2 heterocycles. The Morgan fingerprint density at radius 3 is 2.78 bits per heavy atom. The van der Waals surface area contributed by atoms with Gasteiger partial charge in [-0.1, -0.05) is 12.2 Å². The Hall–Kier alpha value is -3.30. The number of aliphatic hydroxyl groups is 1. The number of hydrogen-bond donors (Lipinski definition) is 2. The van der Waals surface area contributed by atoms with E-state index in [-0.39, 0.29) is 34.5 Å². The maximum atomic E-state index is 11.0. The van der Waals surface area contributed by atoms with Crippen molar-refractivity contribution in [2.75, 3.05) is 13.6 Å². The summed E-state index contributed by atoms with van der Waals surface area (Å²) < 4.78 is 6.25. The van der Waals surface area contributed by atoms with E-state index in [0.717, 1.165) is 30.5 Å². The number of non-ortho nitro benzene ring substituents is 1. The Morgan fingerprint density at radius 1 is 1.25 bits per heavy atom. The summed E-state index contributed by atoms with van der Waals surface area (Å²) in [6.45, 7) is 0.906. The first-order valence-corrected chi connectivity index (χ1v) is 10.7. The molecule has 2 bridgehead atoms. The summed E-state index contributed by atoms with van der Waals surface area (Å²) in [5.41, 5.74) is 2.42. The van der Waals surface area contributed by atoms with Gasteiger partial charge >= 0.3 is 0 Å². The standard InChI is InChI=1S/C23H22N4O5/c1-26-9-8-23-15-6-7-18(28)22(23)32-21-19(23)12(11-17(15)26)10-16(20(21)29)25-24-13-2-4-14(5-3-13)27(30)31/h2-7,10,15,17-18,22,28-29H,8-9,11H2,1H3/t15-,17+,18-,22-,23-/m0/s1. The third-order valence-electron chi connectivity index (χ3n) is 7.58. The second kappa shape index (κ2) is 6.60. The van der Waals surface area contributed by atoms with Crippen LogP contribution in [0, 0.1) is 16.0 Å². The summed E-state index contributed by atoms with van der Waals surface area (Å²) in [5.74, 6) is 0.540. The van der Waals surface area contributed by atoms with Gasteiger partial charge in [-0.05, 0) is 50.2 Å². The summed E-state index contributed by atoms with van der Waals surface area (Å²) in [6.07, 6.45) is 4.42. The third-order valence-corrected chi connectivity index (χ3v) is 7.58. The molecule has 2 aromatic rings. The van der Waals surface area contributed by atoms with Crippen molar-refractivity contribution in [3.63, 3.8) is 0 Å². The quantitative estimate of drug-likeness (QED) is 0.330. The number of ether oxygens (including phenoxy) is 1. The summed E-state index contributed by atoms with van der Waals surface area (Å²) in [4.78, 5) is 12.7. The van der Waals surface area contributed by atoms with Gasteiger partial charge in [-0.2, -0.15) is 5.11 Å². The van der Waals surface area contributed by atoms with Crippen molar-refractivity contribution >= 4 is 17.1 Å². The molecule has 0 saturated carbocycles. The Labute approximate surface area is 183 Å². The van der Waals surface area contributed by atoms with Crippen molar-refractivity contribution in [3.8, 4) is 11.5 Å². The van der Waals surface area contributed by atoms with Gasteiger partial charge in [-0.15, -0.1) is 5.11 Å². The number of aromatic hydroxyl groups is 1. The molecular weight excluding hydrogens is 412 g/mol. The number of phenolic OH excluding ortho intramolecular Hbond substituents is 1.